The van der Waals surface area contributed by atoms with Crippen LogP contribution >= 0.6 is 7.82 Å². The number of hydrogen-bond donors (Lipinski definition) is 3. The third kappa shape index (κ3) is 24.0. The largest absolute Gasteiger partial charge is 0.472 e. The van der Waals surface area contributed by atoms with Gasteiger partial charge in [0.15, 0.2) is 6.10 Å². The lowest BCUT2D eigenvalue weighted by atomic mass is 10.1. The lowest BCUT2D eigenvalue weighted by Gasteiger charge is -2.20. The number of unbranched alkanes of at least 4 members (excludes halogenated alkanes) is 13. The molecule has 0 rings (SSSR count). The van der Waals surface area contributed by atoms with Crippen molar-refractivity contribution in [3.05, 3.63) is 0 Å². The molecule has 3 atom stereocenters. The summed E-state index contributed by atoms with van der Waals surface area (Å²) < 4.78 is 32.1. The zero-order chi connectivity index (χ0) is 28.5. The third-order valence-corrected chi connectivity index (χ3v) is 6.96. The van der Waals surface area contributed by atoms with Crippen molar-refractivity contribution < 1.29 is 47.8 Å². The molecular weight excluding hydrogens is 515 g/mol. The highest BCUT2D eigenvalue weighted by Gasteiger charge is 2.27. The molecule has 0 bridgehead atoms. The second kappa shape index (κ2) is 25.0. The first-order valence-corrected chi connectivity index (χ1v) is 16.0. The van der Waals surface area contributed by atoms with Gasteiger partial charge in [0, 0.05) is 12.8 Å². The van der Waals surface area contributed by atoms with Gasteiger partial charge in [-0.2, -0.15) is 0 Å². The van der Waals surface area contributed by atoms with Gasteiger partial charge in [-0.15, -0.1) is 0 Å². The van der Waals surface area contributed by atoms with Crippen LogP contribution in [0.2, 0.25) is 0 Å². The van der Waals surface area contributed by atoms with Gasteiger partial charge in [-0.05, 0) is 12.8 Å². The maximum Gasteiger partial charge on any atom is 0.472 e. The molecular formula is C27H53O10P. The summed E-state index contributed by atoms with van der Waals surface area (Å²) in [7, 11) is -4.58. The van der Waals surface area contributed by atoms with E-state index in [0.29, 0.717) is 12.8 Å². The highest BCUT2D eigenvalue weighted by Crippen LogP contribution is 2.43. The van der Waals surface area contributed by atoms with Gasteiger partial charge < -0.3 is 24.6 Å². The van der Waals surface area contributed by atoms with E-state index in [0.717, 1.165) is 51.4 Å². The highest BCUT2D eigenvalue weighted by atomic mass is 31.2. The Balaban J connectivity index is 4.48. The van der Waals surface area contributed by atoms with E-state index in [9.17, 15) is 24.2 Å². The molecule has 0 aliphatic rings. The van der Waals surface area contributed by atoms with E-state index in [2.05, 4.69) is 18.4 Å². The summed E-state index contributed by atoms with van der Waals surface area (Å²) in [4.78, 5) is 34.2. The van der Waals surface area contributed by atoms with Crippen molar-refractivity contribution in [2.75, 3.05) is 26.4 Å². The lowest BCUT2D eigenvalue weighted by Crippen LogP contribution is -2.29. The molecule has 10 nitrogen and oxygen atoms in total. The Kier molecular flexibility index (Phi) is 24.3. The number of aliphatic hydroxyl groups excluding tert-OH is 2. The minimum absolute atomic E-state index is 0.186. The number of rotatable bonds is 27. The highest BCUT2D eigenvalue weighted by molar-refractivity contribution is 7.47. The molecule has 0 amide bonds. The van der Waals surface area contributed by atoms with E-state index in [1.807, 2.05) is 0 Å². The number of carbonyl (C=O) groups is 2. The van der Waals surface area contributed by atoms with Crippen molar-refractivity contribution in [3.8, 4) is 0 Å². The SMILES string of the molecule is CCCCCCCCCCCC(=O)OC[C@H](COP(=O)(O)OC[C@@H](O)CO)OC(=O)CCCCCCCC. The monoisotopic (exact) mass is 568 g/mol. The minimum atomic E-state index is -4.58. The first kappa shape index (κ1) is 37.0. The van der Waals surface area contributed by atoms with Crippen molar-refractivity contribution in [3.63, 3.8) is 0 Å². The maximum absolute atomic E-state index is 12.3. The number of carbonyl (C=O) groups excluding carboxylic acids is 2. The normalized spacial score (nSPS) is 14.6. The van der Waals surface area contributed by atoms with Crippen LogP contribution in [-0.4, -0.2) is 65.7 Å². The van der Waals surface area contributed by atoms with Crippen LogP contribution in [0.5, 0.6) is 0 Å². The number of aliphatic hydroxyl groups is 2. The summed E-state index contributed by atoms with van der Waals surface area (Å²) in [6, 6.07) is 0. The molecule has 0 saturated carbocycles. The number of phosphoric acid groups is 1. The van der Waals surface area contributed by atoms with Gasteiger partial charge in [-0.3, -0.25) is 18.6 Å². The molecule has 226 valence electrons. The first-order valence-electron chi connectivity index (χ1n) is 14.5. The third-order valence-electron chi connectivity index (χ3n) is 6.01. The average molecular weight is 569 g/mol. The quantitative estimate of drug-likeness (QED) is 0.0649. The van der Waals surface area contributed by atoms with Gasteiger partial charge in [0.05, 0.1) is 19.8 Å². The van der Waals surface area contributed by atoms with Crippen molar-refractivity contribution >= 4 is 19.8 Å². The van der Waals surface area contributed by atoms with E-state index < -0.39 is 51.8 Å². The Bertz CT molecular complexity index is 631. The van der Waals surface area contributed by atoms with E-state index in [1.165, 1.54) is 32.1 Å². The van der Waals surface area contributed by atoms with E-state index in [1.54, 1.807) is 0 Å². The van der Waals surface area contributed by atoms with Gasteiger partial charge in [-0.25, -0.2) is 4.57 Å². The predicted molar refractivity (Wildman–Crippen MR) is 145 cm³/mol. The van der Waals surface area contributed by atoms with Crippen molar-refractivity contribution in [1.29, 1.82) is 0 Å². The van der Waals surface area contributed by atoms with E-state index in [4.69, 9.17) is 19.1 Å². The Labute approximate surface area is 229 Å². The smallest absolute Gasteiger partial charge is 0.462 e. The van der Waals surface area contributed by atoms with E-state index in [-0.39, 0.29) is 19.4 Å². The van der Waals surface area contributed by atoms with Crippen LogP contribution in [0.15, 0.2) is 0 Å². The molecule has 11 heteroatoms. The fraction of sp³-hybridized carbons (Fsp3) is 0.926. The molecule has 0 aromatic heterocycles. The van der Waals surface area contributed by atoms with Crippen molar-refractivity contribution in [2.24, 2.45) is 0 Å². The molecule has 0 spiro atoms. The summed E-state index contributed by atoms with van der Waals surface area (Å²) >= 11 is 0. The second-order valence-corrected chi connectivity index (χ2v) is 11.2. The van der Waals surface area contributed by atoms with Crippen LogP contribution in [0.3, 0.4) is 0 Å². The van der Waals surface area contributed by atoms with Gasteiger partial charge in [0.25, 0.3) is 0 Å². The molecule has 0 fully saturated rings. The predicted octanol–water partition coefficient (Wildman–Crippen LogP) is 5.60. The second-order valence-electron chi connectivity index (χ2n) is 9.79. The first-order chi connectivity index (χ1) is 18.2. The number of phosphoric ester groups is 1. The zero-order valence-electron chi connectivity index (χ0n) is 23.7. The fourth-order valence-electron chi connectivity index (χ4n) is 3.70. The molecule has 0 aliphatic carbocycles. The minimum Gasteiger partial charge on any atom is -0.462 e. The Morgan fingerprint density at radius 1 is 0.684 bits per heavy atom. The van der Waals surface area contributed by atoms with Crippen molar-refractivity contribution in [1.82, 2.24) is 0 Å². The average Bonchev–Trinajstić information content (AvgIpc) is 2.89. The number of hydrogen-bond acceptors (Lipinski definition) is 9. The fourth-order valence-corrected chi connectivity index (χ4v) is 4.49. The molecule has 0 radical (unpaired) electrons. The standard InChI is InChI=1S/C27H53O10P/c1-3-5-7-9-11-12-13-15-16-18-26(30)34-22-25(23-36-38(32,33)35-21-24(29)20-28)37-27(31)19-17-14-10-8-6-4-2/h24-25,28-29H,3-23H2,1-2H3,(H,32,33)/t24-,25+/m0/s1. The van der Waals surface area contributed by atoms with Crippen LogP contribution < -0.4 is 0 Å². The van der Waals surface area contributed by atoms with Crippen LogP contribution in [0.25, 0.3) is 0 Å². The molecule has 0 heterocycles. The number of esters is 2. The molecule has 0 aromatic rings. The van der Waals surface area contributed by atoms with Gasteiger partial charge in [0.1, 0.15) is 12.7 Å². The Morgan fingerprint density at radius 2 is 1.13 bits per heavy atom. The van der Waals surface area contributed by atoms with Crippen LogP contribution in [0.1, 0.15) is 123 Å². The molecule has 0 aliphatic heterocycles. The van der Waals surface area contributed by atoms with E-state index >= 15 is 0 Å². The van der Waals surface area contributed by atoms with Crippen molar-refractivity contribution in [2.45, 2.75) is 135 Å². The molecule has 1 unspecified atom stereocenters. The molecule has 3 N–H and O–H groups in total. The summed E-state index contributed by atoms with van der Waals surface area (Å²) in [6.45, 7) is 2.23. The summed E-state index contributed by atoms with van der Waals surface area (Å²) in [5.74, 6) is -0.937. The number of ether oxygens (including phenoxy) is 2. The van der Waals surface area contributed by atoms with Gasteiger partial charge in [-0.1, -0.05) is 97.3 Å². The van der Waals surface area contributed by atoms with Gasteiger partial charge in [0.2, 0.25) is 0 Å². The van der Waals surface area contributed by atoms with Crippen LogP contribution in [0.4, 0.5) is 0 Å². The Hall–Kier alpha value is -1.03. The van der Waals surface area contributed by atoms with Crippen LogP contribution in [0, 0.1) is 0 Å². The molecule has 0 saturated heterocycles. The maximum atomic E-state index is 12.3. The molecule has 38 heavy (non-hydrogen) atoms. The topological polar surface area (TPSA) is 149 Å². The Morgan fingerprint density at radius 3 is 1.63 bits per heavy atom. The lowest BCUT2D eigenvalue weighted by molar-refractivity contribution is -0.161. The van der Waals surface area contributed by atoms with Gasteiger partial charge >= 0.3 is 19.8 Å². The molecule has 0 aromatic carbocycles. The summed E-state index contributed by atoms with van der Waals surface area (Å²) in [5, 5.41) is 18.1. The zero-order valence-corrected chi connectivity index (χ0v) is 24.5. The summed E-state index contributed by atoms with van der Waals surface area (Å²) in [5.41, 5.74) is 0. The van der Waals surface area contributed by atoms with Crippen LogP contribution in [-0.2, 0) is 32.7 Å². The summed E-state index contributed by atoms with van der Waals surface area (Å²) in [6.07, 6.45) is 14.2.